The van der Waals surface area contributed by atoms with Crippen LogP contribution in [-0.4, -0.2) is 6.29 Å². The first-order valence-corrected chi connectivity index (χ1v) is 6.35. The number of carbonyl (C=O) groups excluding carboxylic acids is 1. The summed E-state index contributed by atoms with van der Waals surface area (Å²) in [6, 6.07) is 3.95. The van der Waals surface area contributed by atoms with E-state index in [9.17, 15) is 4.79 Å². The molecule has 0 N–H and O–H groups in total. The van der Waals surface area contributed by atoms with Crippen LogP contribution in [0.15, 0.2) is 17.5 Å². The van der Waals surface area contributed by atoms with Gasteiger partial charge in [-0.25, -0.2) is 0 Å². The molecule has 0 saturated carbocycles. The van der Waals surface area contributed by atoms with Crippen LogP contribution in [0.2, 0.25) is 5.02 Å². The summed E-state index contributed by atoms with van der Waals surface area (Å²) in [4.78, 5) is 11.0. The summed E-state index contributed by atoms with van der Waals surface area (Å²) in [7, 11) is 0. The molecule has 0 unspecified atom stereocenters. The molecule has 0 amide bonds. The third-order valence-corrected chi connectivity index (χ3v) is 4.07. The van der Waals surface area contributed by atoms with Crippen molar-refractivity contribution in [2.75, 3.05) is 0 Å². The van der Waals surface area contributed by atoms with Gasteiger partial charge in [0.1, 0.15) is 0 Å². The second-order valence-electron chi connectivity index (χ2n) is 2.85. The zero-order chi connectivity index (χ0) is 10.1. The molecule has 0 aliphatic heterocycles. The van der Waals surface area contributed by atoms with E-state index in [1.54, 1.807) is 11.3 Å². The SMILES string of the molecule is O=Cc1c(CBr)ccc2scc(Cl)c12. The van der Waals surface area contributed by atoms with Gasteiger partial charge in [-0.15, -0.1) is 11.3 Å². The molecule has 2 aromatic rings. The molecule has 1 nitrogen and oxygen atoms in total. The highest BCUT2D eigenvalue weighted by atomic mass is 79.9. The van der Waals surface area contributed by atoms with Crippen LogP contribution in [0.5, 0.6) is 0 Å². The van der Waals surface area contributed by atoms with Crippen LogP contribution in [0.4, 0.5) is 0 Å². The number of halogens is 2. The lowest BCUT2D eigenvalue weighted by Gasteiger charge is -2.02. The predicted octanol–water partition coefficient (Wildman–Crippen LogP) is 4.26. The van der Waals surface area contributed by atoms with Crippen molar-refractivity contribution in [3.8, 4) is 0 Å². The molecule has 1 aromatic carbocycles. The Morgan fingerprint density at radius 3 is 2.93 bits per heavy atom. The maximum atomic E-state index is 11.0. The molecular formula is C10H6BrClOS. The van der Waals surface area contributed by atoms with E-state index in [2.05, 4.69) is 15.9 Å². The lowest BCUT2D eigenvalue weighted by atomic mass is 10.1. The summed E-state index contributed by atoms with van der Waals surface area (Å²) >= 11 is 10.9. The first-order chi connectivity index (χ1) is 6.77. The Morgan fingerprint density at radius 1 is 1.50 bits per heavy atom. The molecule has 0 spiro atoms. The van der Waals surface area contributed by atoms with Gasteiger partial charge < -0.3 is 0 Å². The molecule has 0 atom stereocenters. The number of thiophene rings is 1. The normalized spacial score (nSPS) is 10.7. The number of aldehydes is 1. The second-order valence-corrected chi connectivity index (χ2v) is 4.73. The van der Waals surface area contributed by atoms with E-state index in [0.717, 1.165) is 21.9 Å². The van der Waals surface area contributed by atoms with Crippen LogP contribution in [0.3, 0.4) is 0 Å². The van der Waals surface area contributed by atoms with Crippen molar-refractivity contribution < 1.29 is 4.79 Å². The topological polar surface area (TPSA) is 17.1 Å². The van der Waals surface area contributed by atoms with Crippen molar-refractivity contribution in [2.45, 2.75) is 5.33 Å². The maximum Gasteiger partial charge on any atom is 0.151 e. The van der Waals surface area contributed by atoms with E-state index in [1.807, 2.05) is 17.5 Å². The van der Waals surface area contributed by atoms with Gasteiger partial charge in [0.25, 0.3) is 0 Å². The van der Waals surface area contributed by atoms with Crippen LogP contribution in [0.25, 0.3) is 10.1 Å². The standard InChI is InChI=1S/C10H6BrClOS/c11-3-6-1-2-9-10(7(6)4-13)8(12)5-14-9/h1-2,4-5H,3H2. The van der Waals surface area contributed by atoms with E-state index in [4.69, 9.17) is 11.6 Å². The average Bonchev–Trinajstić information content (AvgIpc) is 2.59. The number of rotatable bonds is 2. The minimum absolute atomic E-state index is 0.662. The van der Waals surface area contributed by atoms with E-state index < -0.39 is 0 Å². The Bertz CT molecular complexity index is 492. The third-order valence-electron chi connectivity index (χ3n) is 2.09. The van der Waals surface area contributed by atoms with Crippen molar-refractivity contribution in [1.29, 1.82) is 0 Å². The maximum absolute atomic E-state index is 11.0. The molecule has 1 heterocycles. The molecule has 0 radical (unpaired) electrons. The highest BCUT2D eigenvalue weighted by Crippen LogP contribution is 2.34. The van der Waals surface area contributed by atoms with Crippen molar-refractivity contribution in [3.63, 3.8) is 0 Å². The molecule has 14 heavy (non-hydrogen) atoms. The first-order valence-electron chi connectivity index (χ1n) is 3.97. The predicted molar refractivity (Wildman–Crippen MR) is 64.9 cm³/mol. The van der Waals surface area contributed by atoms with Gasteiger partial charge in [0.15, 0.2) is 6.29 Å². The van der Waals surface area contributed by atoms with Gasteiger partial charge >= 0.3 is 0 Å². The second kappa shape index (κ2) is 4.01. The Labute approximate surface area is 98.8 Å². The summed E-state index contributed by atoms with van der Waals surface area (Å²) in [6.07, 6.45) is 0.873. The largest absolute Gasteiger partial charge is 0.298 e. The van der Waals surface area contributed by atoms with E-state index in [0.29, 0.717) is 15.9 Å². The molecular weight excluding hydrogens is 284 g/mol. The number of benzene rings is 1. The number of carbonyl (C=O) groups is 1. The zero-order valence-corrected chi connectivity index (χ0v) is 10.2. The molecule has 0 bridgehead atoms. The van der Waals surface area contributed by atoms with Gasteiger partial charge in [-0.05, 0) is 11.6 Å². The van der Waals surface area contributed by atoms with E-state index in [1.165, 1.54) is 0 Å². The highest BCUT2D eigenvalue weighted by Gasteiger charge is 2.10. The van der Waals surface area contributed by atoms with Crippen LogP contribution in [-0.2, 0) is 5.33 Å². The lowest BCUT2D eigenvalue weighted by molar-refractivity contribution is 0.112. The fourth-order valence-corrected chi connectivity index (χ4v) is 3.13. The Morgan fingerprint density at radius 2 is 2.29 bits per heavy atom. The number of fused-ring (bicyclic) bond motifs is 1. The highest BCUT2D eigenvalue weighted by molar-refractivity contribution is 9.08. The van der Waals surface area contributed by atoms with Gasteiger partial charge in [0.2, 0.25) is 0 Å². The van der Waals surface area contributed by atoms with E-state index in [-0.39, 0.29) is 0 Å². The summed E-state index contributed by atoms with van der Waals surface area (Å²) in [5, 5.41) is 4.07. The van der Waals surface area contributed by atoms with Gasteiger partial charge in [0, 0.05) is 26.4 Å². The van der Waals surface area contributed by atoms with Gasteiger partial charge in [-0.3, -0.25) is 4.79 Å². The minimum atomic E-state index is 0.662. The monoisotopic (exact) mass is 288 g/mol. The van der Waals surface area contributed by atoms with Crippen molar-refractivity contribution in [3.05, 3.63) is 33.7 Å². The van der Waals surface area contributed by atoms with Crippen molar-refractivity contribution in [1.82, 2.24) is 0 Å². The molecule has 2 rings (SSSR count). The quantitative estimate of drug-likeness (QED) is 0.596. The van der Waals surface area contributed by atoms with Gasteiger partial charge in [-0.2, -0.15) is 0 Å². The first kappa shape index (κ1) is 10.1. The van der Waals surface area contributed by atoms with Crippen LogP contribution in [0, 0.1) is 0 Å². The van der Waals surface area contributed by atoms with Gasteiger partial charge in [-0.1, -0.05) is 33.6 Å². The summed E-state index contributed by atoms with van der Waals surface area (Å²) in [6.45, 7) is 0. The van der Waals surface area contributed by atoms with Gasteiger partial charge in [0.05, 0.1) is 5.02 Å². The van der Waals surface area contributed by atoms with Crippen LogP contribution < -0.4 is 0 Å². The fourth-order valence-electron chi connectivity index (χ4n) is 1.41. The zero-order valence-electron chi connectivity index (χ0n) is 7.09. The average molecular weight is 290 g/mol. The molecule has 4 heteroatoms. The van der Waals surface area contributed by atoms with Crippen LogP contribution >= 0.6 is 38.9 Å². The molecule has 0 fully saturated rings. The van der Waals surface area contributed by atoms with Crippen LogP contribution in [0.1, 0.15) is 15.9 Å². The third kappa shape index (κ3) is 1.49. The van der Waals surface area contributed by atoms with E-state index >= 15 is 0 Å². The number of hydrogen-bond donors (Lipinski definition) is 0. The smallest absolute Gasteiger partial charge is 0.151 e. The molecule has 0 aliphatic rings. The lowest BCUT2D eigenvalue weighted by Crippen LogP contribution is -1.89. The Hall–Kier alpha value is -0.380. The molecule has 0 saturated heterocycles. The Balaban J connectivity index is 2.87. The van der Waals surface area contributed by atoms with Crippen molar-refractivity contribution >= 4 is 55.2 Å². The molecule has 1 aromatic heterocycles. The van der Waals surface area contributed by atoms with Crippen molar-refractivity contribution in [2.24, 2.45) is 0 Å². The summed E-state index contributed by atoms with van der Waals surface area (Å²) < 4.78 is 1.06. The summed E-state index contributed by atoms with van der Waals surface area (Å²) in [5.41, 5.74) is 1.68. The Kier molecular flexibility index (Phi) is 2.91. The number of hydrogen-bond acceptors (Lipinski definition) is 2. The number of alkyl halides is 1. The fraction of sp³-hybridized carbons (Fsp3) is 0.100. The minimum Gasteiger partial charge on any atom is -0.298 e. The molecule has 72 valence electrons. The molecule has 0 aliphatic carbocycles. The summed E-state index contributed by atoms with van der Waals surface area (Å²) in [5.74, 6) is 0.